The molecule has 1 aromatic carbocycles. The molecule has 0 aromatic heterocycles. The first-order valence-corrected chi connectivity index (χ1v) is 9.22. The maximum Gasteiger partial charge on any atom is 0.258 e. The second kappa shape index (κ2) is 10.9. The Labute approximate surface area is 142 Å². The predicted molar refractivity (Wildman–Crippen MR) is 94.8 cm³/mol. The molecule has 0 aliphatic carbocycles. The second-order valence-corrected chi connectivity index (χ2v) is 6.31. The van der Waals surface area contributed by atoms with Crippen LogP contribution in [0.2, 0.25) is 0 Å². The molecule has 2 unspecified atom stereocenters. The zero-order chi connectivity index (χ0) is 17.1. The van der Waals surface area contributed by atoms with Crippen molar-refractivity contribution in [2.24, 2.45) is 0 Å². The van der Waals surface area contributed by atoms with Gasteiger partial charge in [-0.3, -0.25) is 9.59 Å². The Kier molecular flexibility index (Phi) is 9.21. The van der Waals surface area contributed by atoms with Crippen molar-refractivity contribution in [3.05, 3.63) is 30.3 Å². The van der Waals surface area contributed by atoms with E-state index in [9.17, 15) is 9.59 Å². The van der Waals surface area contributed by atoms with E-state index >= 15 is 0 Å². The fraction of sp³-hybridized carbons (Fsp3) is 0.529. The van der Waals surface area contributed by atoms with Gasteiger partial charge >= 0.3 is 0 Å². The average molecular weight is 338 g/mol. The molecule has 0 spiro atoms. The highest BCUT2D eigenvalue weighted by Crippen LogP contribution is 2.08. The Morgan fingerprint density at radius 2 is 1.91 bits per heavy atom. The van der Waals surface area contributed by atoms with Crippen LogP contribution in [0.1, 0.15) is 26.7 Å². The van der Waals surface area contributed by atoms with Crippen LogP contribution in [0, 0.1) is 0 Å². The summed E-state index contributed by atoms with van der Waals surface area (Å²) in [6.45, 7) is 3.86. The Morgan fingerprint density at radius 1 is 1.22 bits per heavy atom. The molecule has 5 nitrogen and oxygen atoms in total. The quantitative estimate of drug-likeness (QED) is 0.686. The van der Waals surface area contributed by atoms with Crippen molar-refractivity contribution in [2.45, 2.75) is 38.8 Å². The Bertz CT molecular complexity index is 482. The number of amides is 2. The summed E-state index contributed by atoms with van der Waals surface area (Å²) >= 11 is 1.65. The first-order chi connectivity index (χ1) is 11.1. The topological polar surface area (TPSA) is 67.4 Å². The molecule has 0 heterocycles. The lowest BCUT2D eigenvalue weighted by atomic mass is 10.1. The van der Waals surface area contributed by atoms with Crippen molar-refractivity contribution >= 4 is 23.6 Å². The molecule has 128 valence electrons. The number of carbonyl (C=O) groups excluding carboxylic acids is 2. The molecule has 1 rings (SSSR count). The molecule has 0 aliphatic heterocycles. The molecule has 2 atom stereocenters. The van der Waals surface area contributed by atoms with Gasteiger partial charge in [0.05, 0.1) is 0 Å². The van der Waals surface area contributed by atoms with Gasteiger partial charge in [-0.05, 0) is 43.9 Å². The van der Waals surface area contributed by atoms with Gasteiger partial charge in [0.2, 0.25) is 5.91 Å². The van der Waals surface area contributed by atoms with Gasteiger partial charge in [-0.1, -0.05) is 25.1 Å². The molecule has 2 amide bonds. The third-order valence-electron chi connectivity index (χ3n) is 3.38. The number of rotatable bonds is 10. The molecule has 0 saturated heterocycles. The highest BCUT2D eigenvalue weighted by molar-refractivity contribution is 7.98. The molecule has 0 aliphatic rings. The number of carbonyl (C=O) groups is 2. The fourth-order valence-corrected chi connectivity index (χ4v) is 2.32. The molecule has 1 aromatic rings. The maximum atomic E-state index is 12.3. The van der Waals surface area contributed by atoms with Crippen LogP contribution < -0.4 is 15.4 Å². The summed E-state index contributed by atoms with van der Waals surface area (Å²) in [4.78, 5) is 24.3. The summed E-state index contributed by atoms with van der Waals surface area (Å²) in [7, 11) is 0. The molecule has 23 heavy (non-hydrogen) atoms. The van der Waals surface area contributed by atoms with E-state index in [1.54, 1.807) is 23.9 Å². The second-order valence-electron chi connectivity index (χ2n) is 5.32. The van der Waals surface area contributed by atoms with Crippen molar-refractivity contribution < 1.29 is 14.3 Å². The Hall–Kier alpha value is -1.69. The number of para-hydroxylation sites is 1. The van der Waals surface area contributed by atoms with Crippen LogP contribution in [0.15, 0.2) is 30.3 Å². The Balaban J connectivity index is 2.50. The number of hydrogen-bond donors (Lipinski definition) is 2. The van der Waals surface area contributed by atoms with E-state index in [2.05, 4.69) is 10.6 Å². The highest BCUT2D eigenvalue weighted by atomic mass is 32.2. The minimum absolute atomic E-state index is 0.0942. The van der Waals surface area contributed by atoms with E-state index in [4.69, 9.17) is 4.74 Å². The van der Waals surface area contributed by atoms with Crippen LogP contribution in [-0.4, -0.2) is 42.5 Å². The van der Waals surface area contributed by atoms with E-state index < -0.39 is 6.04 Å². The summed E-state index contributed by atoms with van der Waals surface area (Å²) in [5.41, 5.74) is 0. The molecule has 0 fully saturated rings. The predicted octanol–water partition coefficient (Wildman–Crippen LogP) is 2.22. The smallest absolute Gasteiger partial charge is 0.258 e. The van der Waals surface area contributed by atoms with E-state index in [1.807, 2.05) is 38.3 Å². The number of benzene rings is 1. The normalized spacial score (nSPS) is 13.0. The van der Waals surface area contributed by atoms with Crippen LogP contribution in [0.25, 0.3) is 0 Å². The van der Waals surface area contributed by atoms with Gasteiger partial charge in [0.15, 0.2) is 6.61 Å². The number of thioether (sulfide) groups is 1. The van der Waals surface area contributed by atoms with Crippen molar-refractivity contribution in [3.8, 4) is 5.75 Å². The lowest BCUT2D eigenvalue weighted by Crippen LogP contribution is -2.50. The molecular formula is C17H26N2O3S. The van der Waals surface area contributed by atoms with Gasteiger partial charge in [-0.2, -0.15) is 11.8 Å². The first kappa shape index (κ1) is 19.4. The van der Waals surface area contributed by atoms with Gasteiger partial charge in [0.1, 0.15) is 11.8 Å². The first-order valence-electron chi connectivity index (χ1n) is 7.83. The summed E-state index contributed by atoms with van der Waals surface area (Å²) < 4.78 is 5.41. The van der Waals surface area contributed by atoms with Gasteiger partial charge in [-0.25, -0.2) is 0 Å². The monoisotopic (exact) mass is 338 g/mol. The van der Waals surface area contributed by atoms with Crippen LogP contribution >= 0.6 is 11.8 Å². The van der Waals surface area contributed by atoms with E-state index in [0.717, 1.165) is 12.2 Å². The zero-order valence-electron chi connectivity index (χ0n) is 14.0. The van der Waals surface area contributed by atoms with Crippen LogP contribution in [0.4, 0.5) is 0 Å². The van der Waals surface area contributed by atoms with Crippen molar-refractivity contribution in [3.63, 3.8) is 0 Å². The minimum atomic E-state index is -0.525. The van der Waals surface area contributed by atoms with Crippen LogP contribution in [-0.2, 0) is 9.59 Å². The fourth-order valence-electron chi connectivity index (χ4n) is 1.85. The Morgan fingerprint density at radius 3 is 2.52 bits per heavy atom. The maximum absolute atomic E-state index is 12.3. The highest BCUT2D eigenvalue weighted by Gasteiger charge is 2.21. The van der Waals surface area contributed by atoms with E-state index in [0.29, 0.717) is 12.2 Å². The molecule has 0 bridgehead atoms. The van der Waals surface area contributed by atoms with Crippen molar-refractivity contribution in [2.75, 3.05) is 18.6 Å². The average Bonchev–Trinajstić information content (AvgIpc) is 2.57. The van der Waals surface area contributed by atoms with Gasteiger partial charge in [-0.15, -0.1) is 0 Å². The van der Waals surface area contributed by atoms with Crippen LogP contribution in [0.3, 0.4) is 0 Å². The molecule has 0 saturated carbocycles. The van der Waals surface area contributed by atoms with Gasteiger partial charge < -0.3 is 15.4 Å². The van der Waals surface area contributed by atoms with Gasteiger partial charge in [0.25, 0.3) is 5.91 Å². The number of ether oxygens (including phenoxy) is 1. The zero-order valence-corrected chi connectivity index (χ0v) is 14.8. The number of hydrogen-bond acceptors (Lipinski definition) is 4. The summed E-state index contributed by atoms with van der Waals surface area (Å²) in [5.74, 6) is 1.01. The van der Waals surface area contributed by atoms with Crippen LogP contribution in [0.5, 0.6) is 5.75 Å². The van der Waals surface area contributed by atoms with E-state index in [-0.39, 0.29) is 24.5 Å². The minimum Gasteiger partial charge on any atom is -0.484 e. The summed E-state index contributed by atoms with van der Waals surface area (Å²) in [6.07, 6.45) is 3.43. The van der Waals surface area contributed by atoms with Crippen molar-refractivity contribution in [1.82, 2.24) is 10.6 Å². The standard InChI is InChI=1S/C17H26N2O3S/c1-4-13(2)18-17(21)15(10-11-23-3)19-16(20)12-22-14-8-6-5-7-9-14/h5-9,13,15H,4,10-12H2,1-3H3,(H,18,21)(H,19,20). The summed E-state index contributed by atoms with van der Waals surface area (Å²) in [5, 5.41) is 5.68. The lowest BCUT2D eigenvalue weighted by molar-refractivity contribution is -0.130. The molecule has 0 radical (unpaired) electrons. The number of nitrogens with one attached hydrogen (secondary N) is 2. The third kappa shape index (κ3) is 7.93. The summed E-state index contributed by atoms with van der Waals surface area (Å²) in [6, 6.07) is 8.70. The molecule has 2 N–H and O–H groups in total. The SMILES string of the molecule is CCC(C)NC(=O)C(CCSC)NC(=O)COc1ccccc1. The molecule has 6 heteroatoms. The molecular weight excluding hydrogens is 312 g/mol. The third-order valence-corrected chi connectivity index (χ3v) is 4.02. The van der Waals surface area contributed by atoms with E-state index in [1.165, 1.54) is 0 Å². The lowest BCUT2D eigenvalue weighted by Gasteiger charge is -2.20. The largest absolute Gasteiger partial charge is 0.484 e. The van der Waals surface area contributed by atoms with Gasteiger partial charge in [0, 0.05) is 6.04 Å². The van der Waals surface area contributed by atoms with Crippen molar-refractivity contribution in [1.29, 1.82) is 0 Å².